The molecule has 0 fully saturated rings. The van der Waals surface area contributed by atoms with Crippen molar-refractivity contribution < 1.29 is 4.79 Å². The molecule has 5 heteroatoms. The van der Waals surface area contributed by atoms with Gasteiger partial charge in [-0.15, -0.1) is 0 Å². The summed E-state index contributed by atoms with van der Waals surface area (Å²) in [6.07, 6.45) is 2.50. The Morgan fingerprint density at radius 2 is 1.76 bits per heavy atom. The van der Waals surface area contributed by atoms with Gasteiger partial charge < -0.3 is 10.6 Å². The number of hydrogen-bond acceptors (Lipinski definition) is 3. The van der Waals surface area contributed by atoms with Crippen molar-refractivity contribution in [2.75, 3.05) is 17.2 Å². The van der Waals surface area contributed by atoms with Gasteiger partial charge in [0.1, 0.15) is 5.82 Å². The summed E-state index contributed by atoms with van der Waals surface area (Å²) in [6.45, 7) is 0.743. The van der Waals surface area contributed by atoms with Gasteiger partial charge in [0.15, 0.2) is 0 Å². The molecule has 1 amide bonds. The van der Waals surface area contributed by atoms with Crippen LogP contribution in [0, 0.1) is 0 Å². The Balaban J connectivity index is 1.61. The van der Waals surface area contributed by atoms with E-state index < -0.39 is 0 Å². The summed E-state index contributed by atoms with van der Waals surface area (Å²) in [6, 6.07) is 20.8. The van der Waals surface area contributed by atoms with E-state index in [0.29, 0.717) is 22.1 Å². The quantitative estimate of drug-likeness (QED) is 0.680. The maximum absolute atomic E-state index is 12.4. The van der Waals surface area contributed by atoms with Gasteiger partial charge in [0, 0.05) is 18.3 Å². The Labute approximate surface area is 151 Å². The van der Waals surface area contributed by atoms with E-state index in [1.807, 2.05) is 30.3 Å². The van der Waals surface area contributed by atoms with Crippen molar-refractivity contribution in [3.05, 3.63) is 89.1 Å². The Bertz CT molecular complexity index is 852. The normalized spacial score (nSPS) is 10.3. The van der Waals surface area contributed by atoms with Crippen LogP contribution in [0.25, 0.3) is 0 Å². The second-order valence-corrected chi connectivity index (χ2v) is 5.93. The Morgan fingerprint density at radius 1 is 1.00 bits per heavy atom. The average molecular weight is 352 g/mol. The zero-order chi connectivity index (χ0) is 17.5. The maximum atomic E-state index is 12.4. The number of carbonyl (C=O) groups excluding carboxylic acids is 1. The number of pyridine rings is 1. The summed E-state index contributed by atoms with van der Waals surface area (Å²) >= 11 is 6.07. The molecule has 3 aromatic rings. The molecule has 2 aromatic carbocycles. The van der Waals surface area contributed by atoms with Crippen LogP contribution in [0.5, 0.6) is 0 Å². The van der Waals surface area contributed by atoms with Gasteiger partial charge in [-0.25, -0.2) is 4.98 Å². The van der Waals surface area contributed by atoms with Gasteiger partial charge in [0.25, 0.3) is 5.91 Å². The lowest BCUT2D eigenvalue weighted by molar-refractivity contribution is 0.102. The number of rotatable bonds is 6. The number of amides is 1. The van der Waals surface area contributed by atoms with E-state index in [-0.39, 0.29) is 5.91 Å². The number of benzene rings is 2. The second kappa shape index (κ2) is 8.31. The number of nitrogens with zero attached hydrogens (tertiary/aromatic N) is 1. The van der Waals surface area contributed by atoms with Crippen LogP contribution in [-0.2, 0) is 6.42 Å². The van der Waals surface area contributed by atoms with E-state index in [2.05, 4.69) is 27.8 Å². The minimum atomic E-state index is -0.221. The van der Waals surface area contributed by atoms with E-state index in [4.69, 9.17) is 11.6 Å². The molecule has 4 nitrogen and oxygen atoms in total. The van der Waals surface area contributed by atoms with Crippen LogP contribution in [0.15, 0.2) is 72.9 Å². The predicted molar refractivity (Wildman–Crippen MR) is 102 cm³/mol. The standard InChI is InChI=1S/C20H18ClN3O/c21-17-8-4-5-9-18(17)24-20(25)16-11-13-23-19(14-16)22-12-10-15-6-2-1-3-7-15/h1-9,11,13-14H,10,12H2,(H,22,23)(H,24,25). The van der Waals surface area contributed by atoms with Crippen LogP contribution in [-0.4, -0.2) is 17.4 Å². The van der Waals surface area contributed by atoms with E-state index >= 15 is 0 Å². The lowest BCUT2D eigenvalue weighted by Crippen LogP contribution is -2.13. The molecule has 126 valence electrons. The average Bonchev–Trinajstić information content (AvgIpc) is 2.65. The SMILES string of the molecule is O=C(Nc1ccccc1Cl)c1ccnc(NCCc2ccccc2)c1. The maximum Gasteiger partial charge on any atom is 0.255 e. The number of nitrogens with one attached hydrogen (secondary N) is 2. The molecular weight excluding hydrogens is 334 g/mol. The zero-order valence-electron chi connectivity index (χ0n) is 13.6. The number of hydrogen-bond donors (Lipinski definition) is 2. The molecule has 0 unspecified atom stereocenters. The Kier molecular flexibility index (Phi) is 5.65. The van der Waals surface area contributed by atoms with Gasteiger partial charge in [0.05, 0.1) is 10.7 Å². The Hall–Kier alpha value is -2.85. The fourth-order valence-electron chi connectivity index (χ4n) is 2.41. The highest BCUT2D eigenvalue weighted by molar-refractivity contribution is 6.33. The molecule has 2 N–H and O–H groups in total. The molecule has 25 heavy (non-hydrogen) atoms. The number of aromatic nitrogens is 1. The van der Waals surface area contributed by atoms with Crippen LogP contribution in [0.3, 0.4) is 0 Å². The highest BCUT2D eigenvalue weighted by Crippen LogP contribution is 2.21. The largest absolute Gasteiger partial charge is 0.370 e. The van der Waals surface area contributed by atoms with Crippen molar-refractivity contribution in [2.45, 2.75) is 6.42 Å². The summed E-state index contributed by atoms with van der Waals surface area (Å²) in [5, 5.41) is 6.56. The third-order valence-electron chi connectivity index (χ3n) is 3.71. The molecule has 0 atom stereocenters. The van der Waals surface area contributed by atoms with Crippen molar-refractivity contribution in [3.63, 3.8) is 0 Å². The zero-order valence-corrected chi connectivity index (χ0v) is 14.3. The first-order valence-electron chi connectivity index (χ1n) is 8.02. The first kappa shape index (κ1) is 17.0. The van der Waals surface area contributed by atoms with E-state index in [1.54, 1.807) is 30.5 Å². The molecule has 3 rings (SSSR count). The molecule has 0 aliphatic rings. The third-order valence-corrected chi connectivity index (χ3v) is 4.04. The van der Waals surface area contributed by atoms with E-state index in [1.165, 1.54) is 5.56 Å². The van der Waals surface area contributed by atoms with Gasteiger partial charge >= 0.3 is 0 Å². The van der Waals surface area contributed by atoms with Crippen molar-refractivity contribution >= 4 is 29.0 Å². The highest BCUT2D eigenvalue weighted by Gasteiger charge is 2.09. The van der Waals surface area contributed by atoms with E-state index in [9.17, 15) is 4.79 Å². The van der Waals surface area contributed by atoms with Gasteiger partial charge in [-0.2, -0.15) is 0 Å². The topological polar surface area (TPSA) is 54.0 Å². The van der Waals surface area contributed by atoms with Gasteiger partial charge in [-0.1, -0.05) is 54.1 Å². The molecule has 0 saturated carbocycles. The highest BCUT2D eigenvalue weighted by atomic mass is 35.5. The molecular formula is C20H18ClN3O. The molecule has 1 heterocycles. The lowest BCUT2D eigenvalue weighted by atomic mass is 10.1. The lowest BCUT2D eigenvalue weighted by Gasteiger charge is -2.09. The van der Waals surface area contributed by atoms with E-state index in [0.717, 1.165) is 13.0 Å². The van der Waals surface area contributed by atoms with Crippen LogP contribution < -0.4 is 10.6 Å². The summed E-state index contributed by atoms with van der Waals surface area (Å²) in [5.41, 5.74) is 2.37. The molecule has 0 bridgehead atoms. The minimum absolute atomic E-state index is 0.221. The van der Waals surface area contributed by atoms with Crippen LogP contribution in [0.4, 0.5) is 11.5 Å². The van der Waals surface area contributed by atoms with Crippen LogP contribution in [0.1, 0.15) is 15.9 Å². The first-order valence-corrected chi connectivity index (χ1v) is 8.40. The third kappa shape index (κ3) is 4.81. The number of anilines is 2. The van der Waals surface area contributed by atoms with Gasteiger partial charge in [-0.05, 0) is 36.2 Å². The monoisotopic (exact) mass is 351 g/mol. The van der Waals surface area contributed by atoms with Crippen LogP contribution in [0.2, 0.25) is 5.02 Å². The predicted octanol–water partition coefficient (Wildman–Crippen LogP) is 4.64. The molecule has 0 spiro atoms. The Morgan fingerprint density at radius 3 is 2.56 bits per heavy atom. The molecule has 0 saturated heterocycles. The number of carbonyl (C=O) groups is 1. The first-order chi connectivity index (χ1) is 12.2. The fraction of sp³-hybridized carbons (Fsp3) is 0.100. The smallest absolute Gasteiger partial charge is 0.255 e. The summed E-state index contributed by atoms with van der Waals surface area (Å²) in [7, 11) is 0. The van der Waals surface area contributed by atoms with Gasteiger partial charge in [-0.3, -0.25) is 4.79 Å². The summed E-state index contributed by atoms with van der Waals surface area (Å²) in [5.74, 6) is 0.448. The second-order valence-electron chi connectivity index (χ2n) is 5.53. The summed E-state index contributed by atoms with van der Waals surface area (Å²) in [4.78, 5) is 16.6. The van der Waals surface area contributed by atoms with Crippen molar-refractivity contribution in [2.24, 2.45) is 0 Å². The number of para-hydroxylation sites is 1. The van der Waals surface area contributed by atoms with Gasteiger partial charge in [0.2, 0.25) is 0 Å². The molecule has 0 aliphatic carbocycles. The fourth-order valence-corrected chi connectivity index (χ4v) is 2.59. The molecule has 0 aliphatic heterocycles. The molecule has 1 aromatic heterocycles. The summed E-state index contributed by atoms with van der Waals surface area (Å²) < 4.78 is 0. The van der Waals surface area contributed by atoms with Crippen molar-refractivity contribution in [1.82, 2.24) is 4.98 Å². The van der Waals surface area contributed by atoms with Crippen molar-refractivity contribution in [3.8, 4) is 0 Å². The minimum Gasteiger partial charge on any atom is -0.370 e. The number of halogens is 1. The molecule has 0 radical (unpaired) electrons. The van der Waals surface area contributed by atoms with Crippen molar-refractivity contribution in [1.29, 1.82) is 0 Å². The van der Waals surface area contributed by atoms with Crippen LogP contribution >= 0.6 is 11.6 Å².